The van der Waals surface area contributed by atoms with Crippen molar-refractivity contribution in [3.05, 3.63) is 29.6 Å². The van der Waals surface area contributed by atoms with E-state index < -0.39 is 12.2 Å². The fraction of sp³-hybridized carbons (Fsp3) is 0.375. The molecule has 1 heterocycles. The van der Waals surface area contributed by atoms with Gasteiger partial charge in [-0.2, -0.15) is 13.2 Å². The van der Waals surface area contributed by atoms with Crippen LogP contribution in [0.5, 0.6) is 0 Å². The van der Waals surface area contributed by atoms with E-state index in [1.54, 1.807) is 19.1 Å². The van der Waals surface area contributed by atoms with Crippen molar-refractivity contribution in [3.8, 4) is 0 Å². The summed E-state index contributed by atoms with van der Waals surface area (Å²) in [5, 5.41) is 0. The Kier molecular flexibility index (Phi) is 2.56. The zero-order chi connectivity index (χ0) is 10.1. The van der Waals surface area contributed by atoms with Crippen molar-refractivity contribution in [3.63, 3.8) is 0 Å². The number of alkyl halides is 3. The van der Waals surface area contributed by atoms with E-state index in [1.165, 1.54) is 6.20 Å². The van der Waals surface area contributed by atoms with Gasteiger partial charge in [-0.1, -0.05) is 6.07 Å². The van der Waals surface area contributed by atoms with Gasteiger partial charge in [0.1, 0.15) is 6.04 Å². The van der Waals surface area contributed by atoms with E-state index in [0.717, 1.165) is 0 Å². The van der Waals surface area contributed by atoms with Crippen LogP contribution in [0.15, 0.2) is 18.3 Å². The van der Waals surface area contributed by atoms with Gasteiger partial charge in [-0.3, -0.25) is 4.98 Å². The monoisotopic (exact) mass is 190 g/mol. The van der Waals surface area contributed by atoms with Crippen LogP contribution in [0.25, 0.3) is 0 Å². The summed E-state index contributed by atoms with van der Waals surface area (Å²) in [5.41, 5.74) is 5.32. The lowest BCUT2D eigenvalue weighted by molar-refractivity contribution is -0.150. The number of hydrogen-bond acceptors (Lipinski definition) is 2. The molecule has 0 spiro atoms. The summed E-state index contributed by atoms with van der Waals surface area (Å²) in [6.07, 6.45) is -3.13. The van der Waals surface area contributed by atoms with Crippen LogP contribution in [0.1, 0.15) is 17.3 Å². The van der Waals surface area contributed by atoms with E-state index in [-0.39, 0.29) is 5.69 Å². The van der Waals surface area contributed by atoms with Crippen molar-refractivity contribution in [2.75, 3.05) is 0 Å². The van der Waals surface area contributed by atoms with E-state index in [0.29, 0.717) is 5.56 Å². The number of aryl methyl sites for hydroxylation is 1. The lowest BCUT2D eigenvalue weighted by atomic mass is 10.1. The lowest BCUT2D eigenvalue weighted by Gasteiger charge is -2.16. The average Bonchev–Trinajstić information content (AvgIpc) is 2.02. The van der Waals surface area contributed by atoms with E-state index in [9.17, 15) is 13.2 Å². The number of pyridine rings is 1. The maximum absolute atomic E-state index is 12.1. The fourth-order valence-corrected chi connectivity index (χ4v) is 0.979. The van der Waals surface area contributed by atoms with Crippen LogP contribution in [0.3, 0.4) is 0 Å². The van der Waals surface area contributed by atoms with E-state index in [2.05, 4.69) is 4.98 Å². The second-order valence-corrected chi connectivity index (χ2v) is 2.72. The Morgan fingerprint density at radius 2 is 2.08 bits per heavy atom. The molecule has 13 heavy (non-hydrogen) atoms. The van der Waals surface area contributed by atoms with Gasteiger partial charge in [0.25, 0.3) is 0 Å². The fourth-order valence-electron chi connectivity index (χ4n) is 0.979. The SMILES string of the molecule is Cc1cccnc1C(N)C(F)(F)F. The average molecular weight is 190 g/mol. The number of hydrogen-bond donors (Lipinski definition) is 1. The summed E-state index contributed by atoms with van der Waals surface area (Å²) in [6, 6.07) is 1.13. The van der Waals surface area contributed by atoms with Crippen molar-refractivity contribution < 1.29 is 13.2 Å². The maximum Gasteiger partial charge on any atom is 0.409 e. The summed E-state index contributed by atoms with van der Waals surface area (Å²) in [6.45, 7) is 1.55. The van der Waals surface area contributed by atoms with Gasteiger partial charge < -0.3 is 5.73 Å². The van der Waals surface area contributed by atoms with Crippen molar-refractivity contribution in [1.82, 2.24) is 4.98 Å². The third-order valence-electron chi connectivity index (χ3n) is 1.70. The molecule has 0 saturated carbocycles. The van der Waals surface area contributed by atoms with Gasteiger partial charge >= 0.3 is 6.18 Å². The number of aromatic nitrogens is 1. The smallest absolute Gasteiger partial charge is 0.315 e. The van der Waals surface area contributed by atoms with Crippen LogP contribution in [0.2, 0.25) is 0 Å². The normalized spacial score (nSPS) is 14.2. The lowest BCUT2D eigenvalue weighted by Crippen LogP contribution is -2.29. The molecule has 0 saturated heterocycles. The molecule has 1 aromatic rings. The van der Waals surface area contributed by atoms with E-state index in [1.807, 2.05) is 0 Å². The molecule has 0 radical (unpaired) electrons. The van der Waals surface area contributed by atoms with Crippen LogP contribution in [0, 0.1) is 6.92 Å². The number of halogens is 3. The molecule has 1 aromatic heterocycles. The van der Waals surface area contributed by atoms with Gasteiger partial charge in [-0.05, 0) is 18.6 Å². The topological polar surface area (TPSA) is 38.9 Å². The molecule has 0 aliphatic carbocycles. The Balaban J connectivity index is 3.02. The zero-order valence-corrected chi connectivity index (χ0v) is 6.97. The zero-order valence-electron chi connectivity index (χ0n) is 6.97. The van der Waals surface area contributed by atoms with Gasteiger partial charge in [0.2, 0.25) is 0 Å². The number of nitrogens with two attached hydrogens (primary N) is 1. The molecule has 0 fully saturated rings. The molecule has 2 N–H and O–H groups in total. The first kappa shape index (κ1) is 9.98. The van der Waals surface area contributed by atoms with Gasteiger partial charge in [0, 0.05) is 6.20 Å². The maximum atomic E-state index is 12.1. The van der Waals surface area contributed by atoms with Crippen molar-refractivity contribution >= 4 is 0 Å². The van der Waals surface area contributed by atoms with Crippen LogP contribution >= 0.6 is 0 Å². The van der Waals surface area contributed by atoms with Crippen LogP contribution in [-0.2, 0) is 0 Å². The molecule has 1 atom stereocenters. The summed E-state index contributed by atoms with van der Waals surface area (Å²) in [4.78, 5) is 3.60. The second kappa shape index (κ2) is 3.33. The Labute approximate surface area is 73.6 Å². The van der Waals surface area contributed by atoms with Crippen molar-refractivity contribution in [2.45, 2.75) is 19.1 Å². The highest BCUT2D eigenvalue weighted by atomic mass is 19.4. The molecular weight excluding hydrogens is 181 g/mol. The molecule has 1 rings (SSSR count). The molecule has 5 heteroatoms. The minimum absolute atomic E-state index is 0.116. The van der Waals surface area contributed by atoms with Gasteiger partial charge in [-0.15, -0.1) is 0 Å². The van der Waals surface area contributed by atoms with Gasteiger partial charge in [0.05, 0.1) is 5.69 Å². The van der Waals surface area contributed by atoms with Crippen molar-refractivity contribution in [2.24, 2.45) is 5.73 Å². The van der Waals surface area contributed by atoms with Gasteiger partial charge in [-0.25, -0.2) is 0 Å². The molecule has 2 nitrogen and oxygen atoms in total. The Morgan fingerprint density at radius 1 is 1.46 bits per heavy atom. The molecule has 1 unspecified atom stereocenters. The highest BCUT2D eigenvalue weighted by Gasteiger charge is 2.39. The van der Waals surface area contributed by atoms with E-state index in [4.69, 9.17) is 5.73 Å². The minimum atomic E-state index is -4.43. The second-order valence-electron chi connectivity index (χ2n) is 2.72. The Hall–Kier alpha value is -1.10. The number of rotatable bonds is 1. The molecule has 0 aliphatic heterocycles. The van der Waals surface area contributed by atoms with Gasteiger partial charge in [0.15, 0.2) is 0 Å². The highest BCUT2D eigenvalue weighted by molar-refractivity contribution is 5.21. The minimum Gasteiger partial charge on any atom is -0.315 e. The molecule has 0 amide bonds. The predicted molar refractivity (Wildman–Crippen MR) is 42.0 cm³/mol. The predicted octanol–water partition coefficient (Wildman–Crippen LogP) is 1.95. The highest BCUT2D eigenvalue weighted by Crippen LogP contribution is 2.30. The molecule has 72 valence electrons. The van der Waals surface area contributed by atoms with Crippen molar-refractivity contribution in [1.29, 1.82) is 0 Å². The third kappa shape index (κ3) is 2.18. The Bertz CT molecular complexity index is 296. The molecule has 0 aromatic carbocycles. The standard InChI is InChI=1S/C8H9F3N2/c1-5-3-2-4-13-6(5)7(12)8(9,10)11/h2-4,7H,12H2,1H3. The first-order valence-corrected chi connectivity index (χ1v) is 3.66. The first-order valence-electron chi connectivity index (χ1n) is 3.66. The van der Waals surface area contributed by atoms with Crippen LogP contribution in [0.4, 0.5) is 13.2 Å². The van der Waals surface area contributed by atoms with E-state index >= 15 is 0 Å². The largest absolute Gasteiger partial charge is 0.409 e. The summed E-state index contributed by atoms with van der Waals surface area (Å²) in [5.74, 6) is 0. The molecule has 0 aliphatic rings. The summed E-state index contributed by atoms with van der Waals surface area (Å²) < 4.78 is 36.4. The van der Waals surface area contributed by atoms with Crippen LogP contribution in [-0.4, -0.2) is 11.2 Å². The third-order valence-corrected chi connectivity index (χ3v) is 1.70. The summed E-state index contributed by atoms with van der Waals surface area (Å²) in [7, 11) is 0. The summed E-state index contributed by atoms with van der Waals surface area (Å²) >= 11 is 0. The quantitative estimate of drug-likeness (QED) is 0.735. The van der Waals surface area contributed by atoms with Crippen LogP contribution < -0.4 is 5.73 Å². The first-order chi connectivity index (χ1) is 5.93. The Morgan fingerprint density at radius 3 is 2.54 bits per heavy atom. The number of nitrogens with zero attached hydrogens (tertiary/aromatic N) is 1. The molecular formula is C8H9F3N2. The molecule has 0 bridgehead atoms.